The minimum Gasteiger partial charge on any atom is -0.469 e. The van der Waals surface area contributed by atoms with Crippen LogP contribution in [0.25, 0.3) is 0 Å². The summed E-state index contributed by atoms with van der Waals surface area (Å²) in [6.45, 7) is 1.46. The molecule has 5 rings (SSSR count). The molecule has 2 aliphatic rings. The molecule has 2 N–H and O–H groups in total. The summed E-state index contributed by atoms with van der Waals surface area (Å²) >= 11 is 0. The van der Waals surface area contributed by atoms with E-state index in [4.69, 9.17) is 14.1 Å². The third kappa shape index (κ3) is 3.93. The smallest absolute Gasteiger partial charge is 0.225 e. The van der Waals surface area contributed by atoms with Crippen LogP contribution in [0.15, 0.2) is 53.1 Å². The Balaban J connectivity index is 1.47. The van der Waals surface area contributed by atoms with Crippen LogP contribution in [-0.2, 0) is 11.2 Å². The van der Waals surface area contributed by atoms with Crippen molar-refractivity contribution in [3.8, 4) is 0 Å². The standard InChI is InChI=1S/C23H24N4O3/c28-19-13-15(20-9-5-11-30-20)12-18-21(19)22(25-16-6-2-1-3-7-16)27-23(26-18)24-14-17-8-4-10-29-17/h1-3,5-7,9,11,15,17H,4,8,10,12-14H2,(H2,24,25,26,27). The minimum atomic E-state index is -0.00880. The van der Waals surface area contributed by atoms with Crippen molar-refractivity contribution in [1.29, 1.82) is 0 Å². The van der Waals surface area contributed by atoms with E-state index in [2.05, 4.69) is 15.6 Å². The second-order valence-electron chi connectivity index (χ2n) is 7.77. The molecule has 1 fully saturated rings. The Labute approximate surface area is 174 Å². The van der Waals surface area contributed by atoms with Crippen LogP contribution < -0.4 is 10.6 Å². The van der Waals surface area contributed by atoms with Gasteiger partial charge in [0.05, 0.1) is 23.6 Å². The number of para-hydroxylation sites is 1. The van der Waals surface area contributed by atoms with Gasteiger partial charge in [-0.1, -0.05) is 18.2 Å². The van der Waals surface area contributed by atoms with Crippen molar-refractivity contribution in [3.63, 3.8) is 0 Å². The van der Waals surface area contributed by atoms with Gasteiger partial charge in [0.25, 0.3) is 0 Å². The summed E-state index contributed by atoms with van der Waals surface area (Å²) in [4.78, 5) is 22.4. The predicted octanol–water partition coefficient (Wildman–Crippen LogP) is 4.32. The lowest BCUT2D eigenvalue weighted by Crippen LogP contribution is -2.25. The maximum Gasteiger partial charge on any atom is 0.225 e. The quantitative estimate of drug-likeness (QED) is 0.632. The van der Waals surface area contributed by atoms with Crippen molar-refractivity contribution >= 4 is 23.2 Å². The Morgan fingerprint density at radius 3 is 2.73 bits per heavy atom. The molecule has 154 valence electrons. The van der Waals surface area contributed by atoms with Gasteiger partial charge in [-0.2, -0.15) is 4.98 Å². The molecular weight excluding hydrogens is 380 g/mol. The number of hydrogen-bond acceptors (Lipinski definition) is 7. The number of nitrogens with one attached hydrogen (secondary N) is 2. The van der Waals surface area contributed by atoms with Crippen molar-refractivity contribution in [2.75, 3.05) is 23.8 Å². The third-order valence-corrected chi connectivity index (χ3v) is 5.63. The van der Waals surface area contributed by atoms with E-state index in [9.17, 15) is 4.79 Å². The number of rotatable bonds is 6. The van der Waals surface area contributed by atoms with Crippen molar-refractivity contribution in [1.82, 2.24) is 9.97 Å². The van der Waals surface area contributed by atoms with E-state index in [-0.39, 0.29) is 17.8 Å². The van der Waals surface area contributed by atoms with Crippen LogP contribution in [0.3, 0.4) is 0 Å². The molecule has 3 heterocycles. The van der Waals surface area contributed by atoms with Gasteiger partial charge in [0.1, 0.15) is 11.6 Å². The van der Waals surface area contributed by atoms with E-state index >= 15 is 0 Å². The molecule has 1 aromatic carbocycles. The molecule has 30 heavy (non-hydrogen) atoms. The predicted molar refractivity (Wildman–Crippen MR) is 113 cm³/mol. The Hall–Kier alpha value is -3.19. The van der Waals surface area contributed by atoms with Crippen LogP contribution in [-0.4, -0.2) is 35.0 Å². The number of ketones is 1. The SMILES string of the molecule is O=C1CC(c2ccco2)Cc2nc(NCC3CCCO3)nc(Nc3ccccc3)c21. The van der Waals surface area contributed by atoms with E-state index in [1.54, 1.807) is 6.26 Å². The molecular formula is C23H24N4O3. The zero-order chi connectivity index (χ0) is 20.3. The van der Waals surface area contributed by atoms with Gasteiger partial charge >= 0.3 is 0 Å². The molecule has 0 saturated carbocycles. The fourth-order valence-corrected chi connectivity index (χ4v) is 4.14. The van der Waals surface area contributed by atoms with Gasteiger partial charge in [-0.25, -0.2) is 4.98 Å². The first kappa shape index (κ1) is 18.8. The normalized spacial score (nSPS) is 20.7. The first-order valence-electron chi connectivity index (χ1n) is 10.4. The molecule has 7 heteroatoms. The van der Waals surface area contributed by atoms with E-state index in [0.717, 1.165) is 36.6 Å². The van der Waals surface area contributed by atoms with E-state index in [1.165, 1.54) is 0 Å². The number of nitrogens with zero attached hydrogens (tertiary/aromatic N) is 2. The van der Waals surface area contributed by atoms with Gasteiger partial charge in [-0.3, -0.25) is 4.79 Å². The fraction of sp³-hybridized carbons (Fsp3) is 0.348. The van der Waals surface area contributed by atoms with Crippen molar-refractivity contribution in [2.24, 2.45) is 0 Å². The maximum absolute atomic E-state index is 13.1. The number of fused-ring (bicyclic) bond motifs is 1. The lowest BCUT2D eigenvalue weighted by atomic mass is 9.84. The highest BCUT2D eigenvalue weighted by atomic mass is 16.5. The van der Waals surface area contributed by atoms with Crippen molar-refractivity contribution in [2.45, 2.75) is 37.7 Å². The first-order valence-corrected chi connectivity index (χ1v) is 10.4. The van der Waals surface area contributed by atoms with Crippen molar-refractivity contribution < 1.29 is 13.9 Å². The molecule has 2 atom stereocenters. The second kappa shape index (κ2) is 8.28. The number of hydrogen-bond donors (Lipinski definition) is 2. The van der Waals surface area contributed by atoms with Gasteiger partial charge in [0, 0.05) is 37.6 Å². The molecule has 0 bridgehead atoms. The fourth-order valence-electron chi connectivity index (χ4n) is 4.14. The summed E-state index contributed by atoms with van der Waals surface area (Å²) in [5, 5.41) is 6.62. The molecule has 2 aromatic heterocycles. The Morgan fingerprint density at radius 2 is 1.97 bits per heavy atom. The second-order valence-corrected chi connectivity index (χ2v) is 7.77. The topological polar surface area (TPSA) is 89.3 Å². The monoisotopic (exact) mass is 404 g/mol. The average Bonchev–Trinajstić information content (AvgIpc) is 3.47. The molecule has 7 nitrogen and oxygen atoms in total. The molecule has 0 radical (unpaired) electrons. The van der Waals surface area contributed by atoms with Gasteiger partial charge < -0.3 is 19.8 Å². The number of carbonyl (C=O) groups excluding carboxylic acids is 1. The molecule has 1 aliphatic carbocycles. The summed E-state index contributed by atoms with van der Waals surface area (Å²) < 4.78 is 11.3. The van der Waals surface area contributed by atoms with Gasteiger partial charge in [-0.15, -0.1) is 0 Å². The van der Waals surface area contributed by atoms with Crippen LogP contribution in [0.1, 0.15) is 47.0 Å². The molecule has 2 unspecified atom stereocenters. The molecule has 3 aromatic rings. The number of ether oxygens (including phenoxy) is 1. The molecule has 0 spiro atoms. The maximum atomic E-state index is 13.1. The first-order chi connectivity index (χ1) is 14.8. The summed E-state index contributed by atoms with van der Waals surface area (Å²) in [5.41, 5.74) is 2.20. The summed E-state index contributed by atoms with van der Waals surface area (Å²) in [6, 6.07) is 13.5. The molecule has 0 amide bonds. The summed E-state index contributed by atoms with van der Waals surface area (Å²) in [6.07, 6.45) is 4.95. The lowest BCUT2D eigenvalue weighted by Gasteiger charge is -2.24. The highest BCUT2D eigenvalue weighted by Gasteiger charge is 2.32. The number of Topliss-reactive ketones (excluding diaryl/α,β-unsaturated/α-hetero) is 1. The summed E-state index contributed by atoms with van der Waals surface area (Å²) in [7, 11) is 0. The highest BCUT2D eigenvalue weighted by Crippen LogP contribution is 2.36. The largest absolute Gasteiger partial charge is 0.469 e. The molecule has 1 aliphatic heterocycles. The zero-order valence-corrected chi connectivity index (χ0v) is 16.6. The van der Waals surface area contributed by atoms with E-state index in [0.29, 0.717) is 36.7 Å². The van der Waals surface area contributed by atoms with Crippen LogP contribution >= 0.6 is 0 Å². The van der Waals surface area contributed by atoms with E-state index in [1.807, 2.05) is 42.5 Å². The zero-order valence-electron chi connectivity index (χ0n) is 16.6. The Kier molecular flexibility index (Phi) is 5.19. The number of aromatic nitrogens is 2. The lowest BCUT2D eigenvalue weighted by molar-refractivity contribution is 0.0959. The minimum absolute atomic E-state index is 0.00880. The highest BCUT2D eigenvalue weighted by molar-refractivity contribution is 6.03. The summed E-state index contributed by atoms with van der Waals surface area (Å²) in [5.74, 6) is 1.89. The van der Waals surface area contributed by atoms with Crippen LogP contribution in [0.2, 0.25) is 0 Å². The Morgan fingerprint density at radius 1 is 1.07 bits per heavy atom. The van der Waals surface area contributed by atoms with Gasteiger partial charge in [-0.05, 0) is 37.1 Å². The van der Waals surface area contributed by atoms with Gasteiger partial charge in [0.15, 0.2) is 5.78 Å². The number of benzene rings is 1. The third-order valence-electron chi connectivity index (χ3n) is 5.63. The van der Waals surface area contributed by atoms with Gasteiger partial charge in [0.2, 0.25) is 5.95 Å². The van der Waals surface area contributed by atoms with Crippen LogP contribution in [0, 0.1) is 0 Å². The Bertz CT molecular complexity index is 1010. The number of anilines is 3. The number of furan rings is 1. The molecule has 1 saturated heterocycles. The van der Waals surface area contributed by atoms with Crippen LogP contribution in [0.5, 0.6) is 0 Å². The van der Waals surface area contributed by atoms with Crippen molar-refractivity contribution in [3.05, 3.63) is 65.7 Å². The average molecular weight is 404 g/mol. The van der Waals surface area contributed by atoms with Crippen LogP contribution in [0.4, 0.5) is 17.5 Å². The number of carbonyl (C=O) groups is 1. The van der Waals surface area contributed by atoms with E-state index < -0.39 is 0 Å².